The molecule has 1 aromatic heterocycles. The van der Waals surface area contributed by atoms with E-state index in [4.69, 9.17) is 5.73 Å². The molecule has 0 radical (unpaired) electrons. The number of rotatable bonds is 3. The molecule has 1 heterocycles. The largest absolute Gasteiger partial charge is 0.334 e. The third-order valence-electron chi connectivity index (χ3n) is 3.01. The summed E-state index contributed by atoms with van der Waals surface area (Å²) < 4.78 is 0. The van der Waals surface area contributed by atoms with Gasteiger partial charge < -0.3 is 10.6 Å². The summed E-state index contributed by atoms with van der Waals surface area (Å²) in [5.74, 6) is 6.33. The first kappa shape index (κ1) is 14.8. The van der Waals surface area contributed by atoms with Gasteiger partial charge in [0, 0.05) is 18.2 Å². The molecule has 2 rings (SSSR count). The molecule has 6 nitrogen and oxygen atoms in total. The summed E-state index contributed by atoms with van der Waals surface area (Å²) >= 11 is 0. The minimum absolute atomic E-state index is 0.0952. The van der Waals surface area contributed by atoms with Crippen molar-refractivity contribution in [2.24, 2.45) is 5.73 Å². The maximum Gasteiger partial charge on any atom is 0.254 e. The van der Waals surface area contributed by atoms with Crippen molar-refractivity contribution >= 4 is 5.91 Å². The predicted molar refractivity (Wildman–Crippen MR) is 79.3 cm³/mol. The van der Waals surface area contributed by atoms with Gasteiger partial charge in [0.1, 0.15) is 12.2 Å². The van der Waals surface area contributed by atoms with Crippen LogP contribution in [0.1, 0.15) is 27.3 Å². The van der Waals surface area contributed by atoms with Crippen molar-refractivity contribution in [1.29, 1.82) is 0 Å². The number of aromatic nitrogens is 3. The number of nitrogens with two attached hydrogens (primary N) is 1. The van der Waals surface area contributed by atoms with Crippen LogP contribution in [0.5, 0.6) is 0 Å². The molecule has 0 spiro atoms. The number of nitrogens with one attached hydrogen (secondary N) is 1. The molecule has 1 aromatic carbocycles. The smallest absolute Gasteiger partial charge is 0.254 e. The van der Waals surface area contributed by atoms with E-state index in [0.29, 0.717) is 24.5 Å². The van der Waals surface area contributed by atoms with Gasteiger partial charge in [0.25, 0.3) is 5.91 Å². The van der Waals surface area contributed by atoms with Crippen molar-refractivity contribution in [2.45, 2.75) is 13.5 Å². The van der Waals surface area contributed by atoms with E-state index >= 15 is 0 Å². The number of H-pyrrole nitrogens is 1. The first-order chi connectivity index (χ1) is 10.1. The van der Waals surface area contributed by atoms with Crippen LogP contribution in [0.4, 0.5) is 0 Å². The van der Waals surface area contributed by atoms with Crippen LogP contribution < -0.4 is 5.73 Å². The summed E-state index contributed by atoms with van der Waals surface area (Å²) in [7, 11) is 1.72. The van der Waals surface area contributed by atoms with Gasteiger partial charge in [0.2, 0.25) is 0 Å². The molecule has 2 aromatic rings. The van der Waals surface area contributed by atoms with Gasteiger partial charge in [-0.15, -0.1) is 0 Å². The van der Waals surface area contributed by atoms with E-state index in [1.54, 1.807) is 24.1 Å². The van der Waals surface area contributed by atoms with Crippen LogP contribution in [0.25, 0.3) is 0 Å². The number of amides is 1. The van der Waals surface area contributed by atoms with Gasteiger partial charge >= 0.3 is 0 Å². The van der Waals surface area contributed by atoms with Crippen molar-refractivity contribution in [2.75, 3.05) is 13.6 Å². The lowest BCUT2D eigenvalue weighted by atomic mass is 10.0. The van der Waals surface area contributed by atoms with E-state index in [1.807, 2.05) is 13.0 Å². The number of benzene rings is 1. The Kier molecular flexibility index (Phi) is 4.69. The van der Waals surface area contributed by atoms with E-state index < -0.39 is 0 Å². The zero-order valence-electron chi connectivity index (χ0n) is 12.1. The van der Waals surface area contributed by atoms with Gasteiger partial charge in [-0.05, 0) is 24.6 Å². The van der Waals surface area contributed by atoms with Crippen molar-refractivity contribution in [1.82, 2.24) is 20.1 Å². The zero-order valence-corrected chi connectivity index (χ0v) is 12.1. The predicted octanol–water partition coefficient (Wildman–Crippen LogP) is 0.696. The second-order valence-electron chi connectivity index (χ2n) is 4.63. The number of hydrogen-bond donors (Lipinski definition) is 2. The minimum Gasteiger partial charge on any atom is -0.334 e. The van der Waals surface area contributed by atoms with Crippen molar-refractivity contribution < 1.29 is 4.79 Å². The van der Waals surface area contributed by atoms with Gasteiger partial charge in [0.05, 0.1) is 13.1 Å². The lowest BCUT2D eigenvalue weighted by molar-refractivity contribution is 0.0781. The standard InChI is InChI=1S/C15H17N5O/c1-11-5-6-13(8-12(11)4-3-7-16)15(21)20(2)9-14-17-10-18-19-14/h5-6,8,10H,7,9,16H2,1-2H3,(H,17,18,19). The molecule has 21 heavy (non-hydrogen) atoms. The lowest BCUT2D eigenvalue weighted by Crippen LogP contribution is -2.26. The van der Waals surface area contributed by atoms with Crippen molar-refractivity contribution in [3.8, 4) is 11.8 Å². The van der Waals surface area contributed by atoms with Gasteiger partial charge in [-0.25, -0.2) is 4.98 Å². The highest BCUT2D eigenvalue weighted by Crippen LogP contribution is 2.12. The van der Waals surface area contributed by atoms with Crippen LogP contribution >= 0.6 is 0 Å². The Balaban J connectivity index is 2.18. The molecule has 0 saturated carbocycles. The van der Waals surface area contributed by atoms with Crippen LogP contribution in [-0.4, -0.2) is 39.6 Å². The molecule has 1 amide bonds. The highest BCUT2D eigenvalue weighted by atomic mass is 16.2. The Hall–Kier alpha value is -2.65. The number of carbonyl (C=O) groups is 1. The van der Waals surface area contributed by atoms with E-state index in [-0.39, 0.29) is 5.91 Å². The maximum absolute atomic E-state index is 12.4. The van der Waals surface area contributed by atoms with Gasteiger partial charge in [-0.3, -0.25) is 9.89 Å². The van der Waals surface area contributed by atoms with E-state index in [1.165, 1.54) is 6.33 Å². The summed E-state index contributed by atoms with van der Waals surface area (Å²) in [6, 6.07) is 5.47. The molecule has 6 heteroatoms. The monoisotopic (exact) mass is 283 g/mol. The lowest BCUT2D eigenvalue weighted by Gasteiger charge is -2.16. The number of aryl methyl sites for hydroxylation is 1. The average molecular weight is 283 g/mol. The zero-order chi connectivity index (χ0) is 15.2. The molecule has 0 fully saturated rings. The fraction of sp³-hybridized carbons (Fsp3) is 0.267. The number of hydrogen-bond acceptors (Lipinski definition) is 4. The van der Waals surface area contributed by atoms with Crippen LogP contribution in [0, 0.1) is 18.8 Å². The minimum atomic E-state index is -0.0952. The molecule has 0 unspecified atom stereocenters. The Bertz CT molecular complexity index is 682. The third kappa shape index (κ3) is 3.68. The van der Waals surface area contributed by atoms with Crippen LogP contribution in [0.15, 0.2) is 24.5 Å². The molecule has 0 aliphatic carbocycles. The fourth-order valence-electron chi connectivity index (χ4n) is 1.86. The third-order valence-corrected chi connectivity index (χ3v) is 3.01. The molecule has 0 aliphatic rings. The summed E-state index contributed by atoms with van der Waals surface area (Å²) in [6.07, 6.45) is 1.42. The molecular weight excluding hydrogens is 266 g/mol. The van der Waals surface area contributed by atoms with Gasteiger partial charge in [-0.1, -0.05) is 17.9 Å². The molecular formula is C15H17N5O. The second kappa shape index (κ2) is 6.68. The molecule has 3 N–H and O–H groups in total. The number of nitrogens with zero attached hydrogens (tertiary/aromatic N) is 3. The topological polar surface area (TPSA) is 87.9 Å². The molecule has 0 saturated heterocycles. The summed E-state index contributed by atoms with van der Waals surface area (Å²) in [4.78, 5) is 18.0. The molecule has 0 atom stereocenters. The van der Waals surface area contributed by atoms with E-state index in [0.717, 1.165) is 11.1 Å². The quantitative estimate of drug-likeness (QED) is 0.811. The first-order valence-electron chi connectivity index (χ1n) is 6.51. The highest BCUT2D eigenvalue weighted by Gasteiger charge is 2.14. The second-order valence-corrected chi connectivity index (χ2v) is 4.63. The molecule has 108 valence electrons. The SMILES string of the molecule is Cc1ccc(C(=O)N(C)Cc2ncn[nH]2)cc1C#CCN. The number of carbonyl (C=O) groups excluding carboxylic acids is 1. The van der Waals surface area contributed by atoms with E-state index in [9.17, 15) is 4.79 Å². The Morgan fingerprint density at radius 1 is 1.48 bits per heavy atom. The Morgan fingerprint density at radius 2 is 2.29 bits per heavy atom. The average Bonchev–Trinajstić information content (AvgIpc) is 2.98. The maximum atomic E-state index is 12.4. The Morgan fingerprint density at radius 3 is 2.95 bits per heavy atom. The van der Waals surface area contributed by atoms with Gasteiger partial charge in [-0.2, -0.15) is 5.10 Å². The van der Waals surface area contributed by atoms with Crippen LogP contribution in [0.3, 0.4) is 0 Å². The Labute approximate surface area is 123 Å². The summed E-state index contributed by atoms with van der Waals surface area (Å²) in [5, 5.41) is 6.49. The van der Waals surface area contributed by atoms with Gasteiger partial charge in [0.15, 0.2) is 0 Å². The van der Waals surface area contributed by atoms with Crippen LogP contribution in [-0.2, 0) is 6.54 Å². The molecule has 0 bridgehead atoms. The molecule has 0 aliphatic heterocycles. The normalized spacial score (nSPS) is 9.86. The van der Waals surface area contributed by atoms with Crippen molar-refractivity contribution in [3.63, 3.8) is 0 Å². The van der Waals surface area contributed by atoms with Crippen molar-refractivity contribution in [3.05, 3.63) is 47.0 Å². The van der Waals surface area contributed by atoms with E-state index in [2.05, 4.69) is 27.0 Å². The number of aromatic amines is 1. The highest BCUT2D eigenvalue weighted by molar-refractivity contribution is 5.94. The fourth-order valence-corrected chi connectivity index (χ4v) is 1.86. The summed E-state index contributed by atoms with van der Waals surface area (Å²) in [5.41, 5.74) is 7.81. The first-order valence-corrected chi connectivity index (χ1v) is 6.51. The summed E-state index contributed by atoms with van der Waals surface area (Å²) in [6.45, 7) is 2.62. The van der Waals surface area contributed by atoms with Crippen LogP contribution in [0.2, 0.25) is 0 Å².